The van der Waals surface area contributed by atoms with Crippen molar-refractivity contribution < 1.29 is 0 Å². The lowest BCUT2D eigenvalue weighted by molar-refractivity contribution is 1.22. The number of hydrogen-bond acceptors (Lipinski definition) is 3. The van der Waals surface area contributed by atoms with E-state index in [1.165, 1.54) is 5.56 Å². The summed E-state index contributed by atoms with van der Waals surface area (Å²) in [6.07, 6.45) is 5.29. The maximum atomic E-state index is 4.47. The second kappa shape index (κ2) is 3.41. The normalized spacial score (nSPS) is 10.8. The smallest absolute Gasteiger partial charge is 0.157 e. The Morgan fingerprint density at radius 2 is 2.12 bits per heavy atom. The number of aromatic amines is 1. The molecule has 0 bridgehead atoms. The van der Waals surface area contributed by atoms with Gasteiger partial charge in [0.05, 0.1) is 17.2 Å². The molecule has 0 atom stereocenters. The molecule has 78 valence electrons. The van der Waals surface area contributed by atoms with Crippen LogP contribution in [0.5, 0.6) is 0 Å². The Morgan fingerprint density at radius 1 is 1.19 bits per heavy atom. The van der Waals surface area contributed by atoms with Crippen molar-refractivity contribution in [2.75, 3.05) is 0 Å². The number of nitrogens with zero attached hydrogens (tertiary/aromatic N) is 3. The highest BCUT2D eigenvalue weighted by Crippen LogP contribution is 2.18. The molecule has 3 aromatic rings. The van der Waals surface area contributed by atoms with E-state index < -0.39 is 0 Å². The first-order chi connectivity index (χ1) is 7.83. The van der Waals surface area contributed by atoms with Gasteiger partial charge in [-0.3, -0.25) is 9.97 Å². The van der Waals surface area contributed by atoms with Gasteiger partial charge in [0.2, 0.25) is 0 Å². The van der Waals surface area contributed by atoms with Crippen LogP contribution in [0.3, 0.4) is 0 Å². The number of aromatic nitrogens is 4. The van der Waals surface area contributed by atoms with Gasteiger partial charge < -0.3 is 4.98 Å². The van der Waals surface area contributed by atoms with Crippen LogP contribution in [0.1, 0.15) is 5.56 Å². The number of aryl methyl sites for hydroxylation is 1. The van der Waals surface area contributed by atoms with Crippen LogP contribution in [0.4, 0.5) is 0 Å². The van der Waals surface area contributed by atoms with E-state index in [9.17, 15) is 0 Å². The van der Waals surface area contributed by atoms with E-state index in [-0.39, 0.29) is 0 Å². The Hall–Kier alpha value is -2.23. The fraction of sp³-hybridized carbons (Fsp3) is 0.0833. The number of fused-ring (bicyclic) bond motifs is 1. The summed E-state index contributed by atoms with van der Waals surface area (Å²) in [5.74, 6) is 0.784. The minimum Gasteiger partial charge on any atom is -0.335 e. The summed E-state index contributed by atoms with van der Waals surface area (Å²) in [4.78, 5) is 16.0. The van der Waals surface area contributed by atoms with Gasteiger partial charge in [-0.15, -0.1) is 0 Å². The van der Waals surface area contributed by atoms with Gasteiger partial charge in [0.25, 0.3) is 0 Å². The molecule has 0 aromatic carbocycles. The first-order valence-corrected chi connectivity index (χ1v) is 5.06. The molecular formula is C12H10N4. The third-order valence-corrected chi connectivity index (χ3v) is 2.44. The largest absolute Gasteiger partial charge is 0.335 e. The molecular weight excluding hydrogens is 200 g/mol. The molecule has 0 spiro atoms. The molecule has 3 heterocycles. The van der Waals surface area contributed by atoms with Crippen molar-refractivity contribution >= 4 is 11.0 Å². The predicted molar refractivity (Wildman–Crippen MR) is 61.9 cm³/mol. The van der Waals surface area contributed by atoms with Gasteiger partial charge in [-0.1, -0.05) is 0 Å². The number of nitrogens with one attached hydrogen (secondary N) is 1. The minimum atomic E-state index is 0.784. The Kier molecular flexibility index (Phi) is 1.93. The maximum absolute atomic E-state index is 4.47. The van der Waals surface area contributed by atoms with Gasteiger partial charge in [0.15, 0.2) is 5.82 Å². The molecule has 0 aliphatic carbocycles. The van der Waals surface area contributed by atoms with Gasteiger partial charge >= 0.3 is 0 Å². The van der Waals surface area contributed by atoms with E-state index in [2.05, 4.69) is 19.9 Å². The van der Waals surface area contributed by atoms with Crippen LogP contribution >= 0.6 is 0 Å². The van der Waals surface area contributed by atoms with E-state index in [0.29, 0.717) is 0 Å². The van der Waals surface area contributed by atoms with Gasteiger partial charge in [0.1, 0.15) is 5.69 Å². The minimum absolute atomic E-state index is 0.784. The molecule has 0 saturated carbocycles. The fourth-order valence-corrected chi connectivity index (χ4v) is 1.64. The molecule has 0 aliphatic rings. The van der Waals surface area contributed by atoms with Crippen LogP contribution in [0, 0.1) is 6.92 Å². The zero-order chi connectivity index (χ0) is 11.0. The molecule has 4 heteroatoms. The van der Waals surface area contributed by atoms with Gasteiger partial charge in [-0.25, -0.2) is 4.98 Å². The summed E-state index contributed by atoms with van der Waals surface area (Å²) in [6.45, 7) is 2.04. The summed E-state index contributed by atoms with van der Waals surface area (Å²) in [5.41, 5.74) is 3.87. The lowest BCUT2D eigenvalue weighted by Crippen LogP contribution is -1.85. The van der Waals surface area contributed by atoms with Gasteiger partial charge in [-0.05, 0) is 30.7 Å². The quantitative estimate of drug-likeness (QED) is 0.670. The van der Waals surface area contributed by atoms with Crippen molar-refractivity contribution in [1.82, 2.24) is 19.9 Å². The molecule has 0 saturated heterocycles. The third-order valence-electron chi connectivity index (χ3n) is 2.44. The number of imidazole rings is 1. The second-order valence-electron chi connectivity index (χ2n) is 3.70. The van der Waals surface area contributed by atoms with Crippen LogP contribution in [0.2, 0.25) is 0 Å². The summed E-state index contributed by atoms with van der Waals surface area (Å²) < 4.78 is 0. The first-order valence-electron chi connectivity index (χ1n) is 5.06. The molecule has 4 nitrogen and oxygen atoms in total. The molecule has 3 rings (SSSR count). The van der Waals surface area contributed by atoms with Gasteiger partial charge in [0, 0.05) is 12.4 Å². The molecule has 0 amide bonds. The Bertz CT molecular complexity index is 609. The molecule has 0 unspecified atom stereocenters. The highest BCUT2D eigenvalue weighted by molar-refractivity contribution is 5.77. The van der Waals surface area contributed by atoms with E-state index in [1.807, 2.05) is 25.1 Å². The monoisotopic (exact) mass is 210 g/mol. The van der Waals surface area contributed by atoms with E-state index in [4.69, 9.17) is 0 Å². The summed E-state index contributed by atoms with van der Waals surface area (Å²) >= 11 is 0. The van der Waals surface area contributed by atoms with Crippen LogP contribution in [-0.2, 0) is 0 Å². The molecule has 0 aliphatic heterocycles. The average molecular weight is 210 g/mol. The highest BCUT2D eigenvalue weighted by Gasteiger charge is 2.05. The number of H-pyrrole nitrogens is 1. The zero-order valence-electron chi connectivity index (χ0n) is 8.81. The van der Waals surface area contributed by atoms with E-state index in [0.717, 1.165) is 22.6 Å². The van der Waals surface area contributed by atoms with Crippen LogP contribution in [0.15, 0.2) is 36.8 Å². The van der Waals surface area contributed by atoms with E-state index in [1.54, 1.807) is 18.6 Å². The number of rotatable bonds is 1. The molecule has 3 aromatic heterocycles. The standard InChI is InChI=1S/C12H10N4/c1-8-2-5-14-10(6-8)12-15-9-3-4-13-7-11(9)16-12/h2-7H,1H3,(H,15,16). The summed E-state index contributed by atoms with van der Waals surface area (Å²) in [5, 5.41) is 0. The molecule has 0 radical (unpaired) electrons. The van der Waals surface area contributed by atoms with Crippen molar-refractivity contribution in [3.63, 3.8) is 0 Å². The molecule has 16 heavy (non-hydrogen) atoms. The topological polar surface area (TPSA) is 54.5 Å². The Morgan fingerprint density at radius 3 is 2.94 bits per heavy atom. The van der Waals surface area contributed by atoms with Crippen LogP contribution in [0.25, 0.3) is 22.6 Å². The molecule has 1 N–H and O–H groups in total. The average Bonchev–Trinajstić information content (AvgIpc) is 2.72. The van der Waals surface area contributed by atoms with Crippen molar-refractivity contribution in [3.05, 3.63) is 42.4 Å². The Labute approximate surface area is 92.4 Å². The fourth-order valence-electron chi connectivity index (χ4n) is 1.64. The lowest BCUT2D eigenvalue weighted by Gasteiger charge is -1.96. The second-order valence-corrected chi connectivity index (χ2v) is 3.70. The lowest BCUT2D eigenvalue weighted by atomic mass is 10.2. The van der Waals surface area contributed by atoms with Crippen molar-refractivity contribution in [2.45, 2.75) is 6.92 Å². The highest BCUT2D eigenvalue weighted by atomic mass is 15.0. The summed E-state index contributed by atoms with van der Waals surface area (Å²) in [6, 6.07) is 5.85. The van der Waals surface area contributed by atoms with Crippen molar-refractivity contribution in [3.8, 4) is 11.5 Å². The summed E-state index contributed by atoms with van der Waals surface area (Å²) in [7, 11) is 0. The van der Waals surface area contributed by atoms with Crippen LogP contribution in [-0.4, -0.2) is 19.9 Å². The first kappa shape index (κ1) is 9.03. The number of pyridine rings is 2. The predicted octanol–water partition coefficient (Wildman–Crippen LogP) is 2.33. The SMILES string of the molecule is Cc1ccnc(-c2nc3ccncc3[nH]2)c1. The van der Waals surface area contributed by atoms with Crippen LogP contribution < -0.4 is 0 Å². The zero-order valence-corrected chi connectivity index (χ0v) is 8.81. The van der Waals surface area contributed by atoms with Crippen molar-refractivity contribution in [1.29, 1.82) is 0 Å². The Balaban J connectivity index is 2.19. The van der Waals surface area contributed by atoms with E-state index >= 15 is 0 Å². The van der Waals surface area contributed by atoms with Gasteiger partial charge in [-0.2, -0.15) is 0 Å². The molecule has 0 fully saturated rings. The van der Waals surface area contributed by atoms with Crippen molar-refractivity contribution in [2.24, 2.45) is 0 Å². The third kappa shape index (κ3) is 1.44. The number of hydrogen-bond donors (Lipinski definition) is 1. The maximum Gasteiger partial charge on any atom is 0.157 e.